The average molecular weight is 292 g/mol. The molecule has 0 aromatic carbocycles. The first-order chi connectivity index (χ1) is 10.9. The summed E-state index contributed by atoms with van der Waals surface area (Å²) in [5.41, 5.74) is 1.64. The van der Waals surface area contributed by atoms with Crippen LogP contribution in [0, 0.1) is 0 Å². The van der Waals surface area contributed by atoms with Crippen molar-refractivity contribution >= 4 is 17.1 Å². The van der Waals surface area contributed by atoms with Crippen LogP contribution < -0.4 is 4.90 Å². The van der Waals surface area contributed by atoms with Gasteiger partial charge >= 0.3 is 0 Å². The molecule has 5 rings (SSSR count). The summed E-state index contributed by atoms with van der Waals surface area (Å²) in [5, 5.41) is 20.9. The minimum atomic E-state index is 0.371. The molecule has 5 heterocycles. The standard InChI is InChI=1S/C14H12N8/c1-2-6-21-11(3-1)17-18-14(21)10-7-20(8-10)13-5-4-12-16-15-9-22(12)19-13/h1-6,9-10H,7-8H2. The molecule has 0 radical (unpaired) electrons. The summed E-state index contributed by atoms with van der Waals surface area (Å²) in [6.07, 6.45) is 3.62. The van der Waals surface area contributed by atoms with E-state index in [4.69, 9.17) is 0 Å². The Morgan fingerprint density at radius 1 is 0.955 bits per heavy atom. The molecule has 4 aromatic rings. The maximum atomic E-state index is 4.51. The van der Waals surface area contributed by atoms with E-state index in [0.717, 1.165) is 36.0 Å². The molecule has 0 N–H and O–H groups in total. The quantitative estimate of drug-likeness (QED) is 0.543. The van der Waals surface area contributed by atoms with Crippen LogP contribution in [0.5, 0.6) is 0 Å². The largest absolute Gasteiger partial charge is 0.354 e. The lowest BCUT2D eigenvalue weighted by molar-refractivity contribution is 0.490. The lowest BCUT2D eigenvalue weighted by Gasteiger charge is -2.38. The Morgan fingerprint density at radius 3 is 2.86 bits per heavy atom. The van der Waals surface area contributed by atoms with Gasteiger partial charge in [-0.3, -0.25) is 4.40 Å². The van der Waals surface area contributed by atoms with Gasteiger partial charge in [0.1, 0.15) is 18.0 Å². The lowest BCUT2D eigenvalue weighted by atomic mass is 9.99. The summed E-state index contributed by atoms with van der Waals surface area (Å²) in [6.45, 7) is 1.77. The van der Waals surface area contributed by atoms with Crippen LogP contribution in [0.1, 0.15) is 11.7 Å². The van der Waals surface area contributed by atoms with Gasteiger partial charge < -0.3 is 4.90 Å². The SMILES string of the molecule is c1ccn2c(C3CN(c4ccc5nncn5n4)C3)nnc2c1. The first-order valence-electron chi connectivity index (χ1n) is 7.10. The van der Waals surface area contributed by atoms with E-state index in [0.29, 0.717) is 5.92 Å². The Kier molecular flexibility index (Phi) is 2.23. The number of nitrogens with zero attached hydrogens (tertiary/aromatic N) is 8. The van der Waals surface area contributed by atoms with Crippen molar-refractivity contribution < 1.29 is 0 Å². The van der Waals surface area contributed by atoms with E-state index < -0.39 is 0 Å². The normalized spacial score (nSPS) is 15.5. The molecule has 1 aliphatic heterocycles. The second-order valence-electron chi connectivity index (χ2n) is 5.41. The second-order valence-corrected chi connectivity index (χ2v) is 5.41. The number of hydrogen-bond acceptors (Lipinski definition) is 6. The Morgan fingerprint density at radius 2 is 1.91 bits per heavy atom. The van der Waals surface area contributed by atoms with Crippen LogP contribution in [-0.4, -0.2) is 47.5 Å². The van der Waals surface area contributed by atoms with Crippen LogP contribution in [0.3, 0.4) is 0 Å². The van der Waals surface area contributed by atoms with Gasteiger partial charge in [-0.05, 0) is 24.3 Å². The third-order valence-corrected chi connectivity index (χ3v) is 4.06. The molecule has 1 aliphatic rings. The minimum Gasteiger partial charge on any atom is -0.354 e. The third kappa shape index (κ3) is 1.60. The molecule has 22 heavy (non-hydrogen) atoms. The van der Waals surface area contributed by atoms with Gasteiger partial charge in [-0.15, -0.1) is 25.5 Å². The molecular weight excluding hydrogens is 280 g/mol. The van der Waals surface area contributed by atoms with E-state index in [-0.39, 0.29) is 0 Å². The lowest BCUT2D eigenvalue weighted by Crippen LogP contribution is -2.46. The fourth-order valence-electron chi connectivity index (χ4n) is 2.85. The van der Waals surface area contributed by atoms with Crippen LogP contribution in [0.4, 0.5) is 5.82 Å². The number of aromatic nitrogens is 7. The van der Waals surface area contributed by atoms with Crippen LogP contribution in [0.15, 0.2) is 42.9 Å². The van der Waals surface area contributed by atoms with Crippen molar-refractivity contribution in [3.05, 3.63) is 48.7 Å². The zero-order valence-electron chi connectivity index (χ0n) is 11.6. The summed E-state index contributed by atoms with van der Waals surface area (Å²) >= 11 is 0. The predicted octanol–water partition coefficient (Wildman–Crippen LogP) is 0.771. The Balaban J connectivity index is 1.41. The molecule has 0 amide bonds. The van der Waals surface area contributed by atoms with Gasteiger partial charge in [-0.1, -0.05) is 6.07 Å². The molecule has 0 bridgehead atoms. The third-order valence-electron chi connectivity index (χ3n) is 4.06. The van der Waals surface area contributed by atoms with Crippen molar-refractivity contribution in [1.82, 2.24) is 34.4 Å². The molecule has 1 fully saturated rings. The molecular formula is C14H12N8. The van der Waals surface area contributed by atoms with Gasteiger partial charge in [0, 0.05) is 19.3 Å². The number of anilines is 1. The zero-order chi connectivity index (χ0) is 14.5. The summed E-state index contributed by atoms with van der Waals surface area (Å²) in [5.74, 6) is 2.31. The molecule has 8 nitrogen and oxygen atoms in total. The summed E-state index contributed by atoms with van der Waals surface area (Å²) in [7, 11) is 0. The fraction of sp³-hybridized carbons (Fsp3) is 0.214. The molecule has 0 atom stereocenters. The monoisotopic (exact) mass is 292 g/mol. The van der Waals surface area contributed by atoms with Gasteiger partial charge in [0.15, 0.2) is 11.3 Å². The highest BCUT2D eigenvalue weighted by Crippen LogP contribution is 2.29. The number of pyridine rings is 1. The van der Waals surface area contributed by atoms with Crippen molar-refractivity contribution in [3.63, 3.8) is 0 Å². The van der Waals surface area contributed by atoms with Gasteiger partial charge in [0.25, 0.3) is 0 Å². The first-order valence-corrected chi connectivity index (χ1v) is 7.10. The summed E-state index contributed by atoms with van der Waals surface area (Å²) < 4.78 is 3.74. The van der Waals surface area contributed by atoms with E-state index in [2.05, 4.69) is 34.8 Å². The minimum absolute atomic E-state index is 0.371. The first kappa shape index (κ1) is 11.6. The van der Waals surface area contributed by atoms with Gasteiger partial charge in [0.2, 0.25) is 0 Å². The van der Waals surface area contributed by atoms with Crippen LogP contribution >= 0.6 is 0 Å². The molecule has 108 valence electrons. The summed E-state index contributed by atoms with van der Waals surface area (Å²) in [6, 6.07) is 9.84. The van der Waals surface area contributed by atoms with Crippen LogP contribution in [-0.2, 0) is 0 Å². The highest BCUT2D eigenvalue weighted by atomic mass is 15.4. The number of hydrogen-bond donors (Lipinski definition) is 0. The van der Waals surface area contributed by atoms with Crippen molar-refractivity contribution in [2.75, 3.05) is 18.0 Å². The number of fused-ring (bicyclic) bond motifs is 2. The summed E-state index contributed by atoms with van der Waals surface area (Å²) in [4.78, 5) is 2.22. The molecule has 0 spiro atoms. The van der Waals surface area contributed by atoms with E-state index in [1.54, 1.807) is 10.8 Å². The molecule has 0 unspecified atom stereocenters. The van der Waals surface area contributed by atoms with Crippen LogP contribution in [0.2, 0.25) is 0 Å². The fourth-order valence-corrected chi connectivity index (χ4v) is 2.85. The van der Waals surface area contributed by atoms with Crippen molar-refractivity contribution in [2.45, 2.75) is 5.92 Å². The van der Waals surface area contributed by atoms with Gasteiger partial charge in [-0.2, -0.15) is 4.52 Å². The predicted molar refractivity (Wildman–Crippen MR) is 78.7 cm³/mol. The Labute approximate surface area is 125 Å². The average Bonchev–Trinajstić information content (AvgIpc) is 3.12. The van der Waals surface area contributed by atoms with Gasteiger partial charge in [0.05, 0.1) is 5.92 Å². The van der Waals surface area contributed by atoms with Crippen LogP contribution in [0.25, 0.3) is 11.3 Å². The van der Waals surface area contributed by atoms with E-state index in [9.17, 15) is 0 Å². The number of rotatable bonds is 2. The van der Waals surface area contributed by atoms with E-state index >= 15 is 0 Å². The van der Waals surface area contributed by atoms with E-state index in [1.807, 2.05) is 36.5 Å². The smallest absolute Gasteiger partial charge is 0.177 e. The van der Waals surface area contributed by atoms with Crippen molar-refractivity contribution in [3.8, 4) is 0 Å². The topological polar surface area (TPSA) is 76.5 Å². The second kappa shape index (κ2) is 4.23. The Hall–Kier alpha value is -3.03. The molecule has 1 saturated heterocycles. The highest BCUT2D eigenvalue weighted by Gasteiger charge is 2.32. The van der Waals surface area contributed by atoms with Crippen molar-refractivity contribution in [1.29, 1.82) is 0 Å². The maximum absolute atomic E-state index is 4.51. The molecule has 0 saturated carbocycles. The molecule has 4 aromatic heterocycles. The van der Waals surface area contributed by atoms with Crippen molar-refractivity contribution in [2.24, 2.45) is 0 Å². The molecule has 8 heteroatoms. The molecule has 0 aliphatic carbocycles. The highest BCUT2D eigenvalue weighted by molar-refractivity contribution is 5.48. The van der Waals surface area contributed by atoms with Gasteiger partial charge in [-0.25, -0.2) is 0 Å². The zero-order valence-corrected chi connectivity index (χ0v) is 11.6. The Bertz CT molecular complexity index is 965. The van der Waals surface area contributed by atoms with E-state index in [1.165, 1.54) is 0 Å². The maximum Gasteiger partial charge on any atom is 0.177 e.